The molecule has 4 heteroatoms. The van der Waals surface area contributed by atoms with Crippen LogP contribution in [-0.2, 0) is 0 Å². The molecule has 16 heavy (non-hydrogen) atoms. The highest BCUT2D eigenvalue weighted by Gasteiger charge is 2.15. The van der Waals surface area contributed by atoms with E-state index in [4.69, 9.17) is 0 Å². The van der Waals surface area contributed by atoms with E-state index < -0.39 is 0 Å². The molecular weight excluding hydrogens is 204 g/mol. The molecule has 0 amide bonds. The molecule has 0 aromatic heterocycles. The van der Waals surface area contributed by atoms with Crippen molar-refractivity contribution in [1.29, 1.82) is 0 Å². The summed E-state index contributed by atoms with van der Waals surface area (Å²) in [6.07, 6.45) is 1.32. The van der Waals surface area contributed by atoms with Crippen LogP contribution in [0.5, 0.6) is 0 Å². The third-order valence-corrected chi connectivity index (χ3v) is 2.90. The van der Waals surface area contributed by atoms with Gasteiger partial charge in [-0.1, -0.05) is 26.7 Å². The van der Waals surface area contributed by atoms with Gasteiger partial charge in [0.2, 0.25) is 0 Å². The van der Waals surface area contributed by atoms with Crippen LogP contribution in [0.1, 0.15) is 26.7 Å². The van der Waals surface area contributed by atoms with E-state index >= 15 is 0 Å². The highest BCUT2D eigenvalue weighted by molar-refractivity contribution is 4.70. The van der Waals surface area contributed by atoms with Gasteiger partial charge in [0, 0.05) is 19.6 Å². The van der Waals surface area contributed by atoms with Gasteiger partial charge < -0.3 is 20.4 Å². The topological polar surface area (TPSA) is 55.7 Å². The summed E-state index contributed by atoms with van der Waals surface area (Å²) < 4.78 is 0. The van der Waals surface area contributed by atoms with E-state index in [-0.39, 0.29) is 12.2 Å². The molecular formula is C12H28N2O2. The molecule has 4 nitrogen and oxygen atoms in total. The zero-order valence-electron chi connectivity index (χ0n) is 11.1. The Morgan fingerprint density at radius 3 is 2.06 bits per heavy atom. The Balaban J connectivity index is 3.64. The summed E-state index contributed by atoms with van der Waals surface area (Å²) in [5, 5.41) is 22.6. The molecule has 98 valence electrons. The lowest BCUT2D eigenvalue weighted by atomic mass is 9.96. The highest BCUT2D eigenvalue weighted by Crippen LogP contribution is 2.11. The van der Waals surface area contributed by atoms with Crippen LogP contribution in [-0.4, -0.2) is 61.1 Å². The molecule has 0 radical (unpaired) electrons. The van der Waals surface area contributed by atoms with Crippen molar-refractivity contribution in [2.45, 2.75) is 38.9 Å². The standard InChI is InChI=1S/C12H28N2O2/c1-5-10(6-2)12(16)8-13-7-11(15)9-14(3)4/h10-13,15-16H,5-9H2,1-4H3. The van der Waals surface area contributed by atoms with Crippen LogP contribution < -0.4 is 5.32 Å². The number of nitrogens with one attached hydrogen (secondary N) is 1. The Kier molecular flexibility index (Phi) is 8.84. The van der Waals surface area contributed by atoms with E-state index in [1.54, 1.807) is 0 Å². The Morgan fingerprint density at radius 1 is 1.06 bits per heavy atom. The number of likely N-dealkylation sites (N-methyl/N-ethyl adjacent to an activating group) is 1. The van der Waals surface area contributed by atoms with Crippen LogP contribution >= 0.6 is 0 Å². The monoisotopic (exact) mass is 232 g/mol. The van der Waals surface area contributed by atoms with Gasteiger partial charge >= 0.3 is 0 Å². The molecule has 0 aliphatic rings. The van der Waals surface area contributed by atoms with Gasteiger partial charge in [-0.15, -0.1) is 0 Å². The number of rotatable bonds is 9. The first kappa shape index (κ1) is 15.8. The number of nitrogens with zero attached hydrogens (tertiary/aromatic N) is 1. The minimum Gasteiger partial charge on any atom is -0.392 e. The average Bonchev–Trinajstić information content (AvgIpc) is 2.18. The number of hydrogen-bond acceptors (Lipinski definition) is 4. The Hall–Kier alpha value is -0.160. The second kappa shape index (κ2) is 8.93. The van der Waals surface area contributed by atoms with Crippen molar-refractivity contribution in [2.24, 2.45) is 5.92 Å². The van der Waals surface area contributed by atoms with Crippen LogP contribution in [0.3, 0.4) is 0 Å². The Labute approximate surface area is 99.7 Å². The molecule has 0 saturated heterocycles. The molecule has 2 atom stereocenters. The van der Waals surface area contributed by atoms with E-state index in [0.29, 0.717) is 25.6 Å². The summed E-state index contributed by atoms with van der Waals surface area (Å²) in [5.41, 5.74) is 0. The third kappa shape index (κ3) is 7.17. The summed E-state index contributed by atoms with van der Waals surface area (Å²) in [6.45, 7) is 5.94. The van der Waals surface area contributed by atoms with Gasteiger partial charge in [-0.3, -0.25) is 0 Å². The van der Waals surface area contributed by atoms with Crippen LogP contribution in [0.25, 0.3) is 0 Å². The van der Waals surface area contributed by atoms with Crippen molar-refractivity contribution in [3.8, 4) is 0 Å². The van der Waals surface area contributed by atoms with Crippen molar-refractivity contribution in [3.05, 3.63) is 0 Å². The maximum absolute atomic E-state index is 9.85. The van der Waals surface area contributed by atoms with Crippen molar-refractivity contribution in [2.75, 3.05) is 33.7 Å². The van der Waals surface area contributed by atoms with Crippen molar-refractivity contribution in [1.82, 2.24) is 10.2 Å². The molecule has 0 spiro atoms. The van der Waals surface area contributed by atoms with Crippen LogP contribution in [0.2, 0.25) is 0 Å². The largest absolute Gasteiger partial charge is 0.392 e. The van der Waals surface area contributed by atoms with E-state index in [1.165, 1.54) is 0 Å². The molecule has 0 aliphatic carbocycles. The van der Waals surface area contributed by atoms with E-state index in [1.807, 2.05) is 19.0 Å². The third-order valence-electron chi connectivity index (χ3n) is 2.90. The van der Waals surface area contributed by atoms with Gasteiger partial charge in [0.15, 0.2) is 0 Å². The summed E-state index contributed by atoms with van der Waals surface area (Å²) >= 11 is 0. The molecule has 0 saturated carbocycles. The summed E-state index contributed by atoms with van der Waals surface area (Å²) in [7, 11) is 3.87. The van der Waals surface area contributed by atoms with Crippen molar-refractivity contribution >= 4 is 0 Å². The predicted molar refractivity (Wildman–Crippen MR) is 67.5 cm³/mol. The average molecular weight is 232 g/mol. The number of hydrogen-bond donors (Lipinski definition) is 3. The number of aliphatic hydroxyl groups is 2. The van der Waals surface area contributed by atoms with Gasteiger partial charge in [-0.25, -0.2) is 0 Å². The van der Waals surface area contributed by atoms with Gasteiger partial charge in [0.1, 0.15) is 0 Å². The fourth-order valence-electron chi connectivity index (χ4n) is 1.88. The smallest absolute Gasteiger partial charge is 0.0791 e. The molecule has 0 heterocycles. The van der Waals surface area contributed by atoms with Gasteiger partial charge in [0.05, 0.1) is 12.2 Å². The fraction of sp³-hybridized carbons (Fsp3) is 1.00. The normalized spacial score (nSPS) is 15.8. The van der Waals surface area contributed by atoms with Crippen molar-refractivity contribution < 1.29 is 10.2 Å². The zero-order chi connectivity index (χ0) is 12.6. The minimum absolute atomic E-state index is 0.304. The van der Waals surface area contributed by atoms with E-state index in [9.17, 15) is 10.2 Å². The second-order valence-electron chi connectivity index (χ2n) is 4.72. The first-order valence-corrected chi connectivity index (χ1v) is 6.22. The Bertz CT molecular complexity index is 161. The second-order valence-corrected chi connectivity index (χ2v) is 4.72. The van der Waals surface area contributed by atoms with Crippen LogP contribution in [0.4, 0.5) is 0 Å². The number of aliphatic hydroxyl groups excluding tert-OH is 2. The van der Waals surface area contributed by atoms with Crippen molar-refractivity contribution in [3.63, 3.8) is 0 Å². The van der Waals surface area contributed by atoms with E-state index in [0.717, 1.165) is 12.8 Å². The van der Waals surface area contributed by atoms with Gasteiger partial charge in [-0.05, 0) is 20.0 Å². The molecule has 0 aromatic carbocycles. The predicted octanol–water partition coefficient (Wildman–Crippen LogP) is 0.296. The summed E-state index contributed by atoms with van der Waals surface area (Å²) in [5.74, 6) is 0.360. The highest BCUT2D eigenvalue weighted by atomic mass is 16.3. The van der Waals surface area contributed by atoms with E-state index in [2.05, 4.69) is 19.2 Å². The maximum atomic E-state index is 9.85. The van der Waals surface area contributed by atoms with Gasteiger partial charge in [0.25, 0.3) is 0 Å². The molecule has 0 aliphatic heterocycles. The lowest BCUT2D eigenvalue weighted by Crippen LogP contribution is -2.39. The quantitative estimate of drug-likeness (QED) is 0.535. The molecule has 3 N–H and O–H groups in total. The molecule has 0 aromatic rings. The fourth-order valence-corrected chi connectivity index (χ4v) is 1.88. The molecule has 0 bridgehead atoms. The molecule has 0 fully saturated rings. The lowest BCUT2D eigenvalue weighted by molar-refractivity contribution is 0.0901. The maximum Gasteiger partial charge on any atom is 0.0791 e. The molecule has 2 unspecified atom stereocenters. The zero-order valence-corrected chi connectivity index (χ0v) is 11.1. The first-order valence-electron chi connectivity index (χ1n) is 6.22. The van der Waals surface area contributed by atoms with Crippen LogP contribution in [0, 0.1) is 5.92 Å². The molecule has 0 rings (SSSR count). The van der Waals surface area contributed by atoms with Crippen LogP contribution in [0.15, 0.2) is 0 Å². The Morgan fingerprint density at radius 2 is 1.62 bits per heavy atom. The SMILES string of the molecule is CCC(CC)C(O)CNCC(O)CN(C)C. The first-order chi connectivity index (χ1) is 7.51. The van der Waals surface area contributed by atoms with Gasteiger partial charge in [-0.2, -0.15) is 0 Å². The lowest BCUT2D eigenvalue weighted by Gasteiger charge is -2.22. The summed E-state index contributed by atoms with van der Waals surface area (Å²) in [6, 6.07) is 0. The summed E-state index contributed by atoms with van der Waals surface area (Å²) in [4.78, 5) is 1.95. The minimum atomic E-state index is -0.371.